The average Bonchev–Trinajstić information content (AvgIpc) is 2.41. The molecule has 2 nitrogen and oxygen atoms in total. The number of nitrogens with zero attached hydrogens (tertiary/aromatic N) is 1. The molecule has 2 rings (SSSR count). The Morgan fingerprint density at radius 2 is 1.76 bits per heavy atom. The van der Waals surface area contributed by atoms with Crippen molar-refractivity contribution in [3.63, 3.8) is 0 Å². The maximum atomic E-state index is 4.27. The molecular formula is C15H18N2. The summed E-state index contributed by atoms with van der Waals surface area (Å²) in [6.07, 6.45) is 4.13. The van der Waals surface area contributed by atoms with Crippen molar-refractivity contribution in [2.75, 3.05) is 6.54 Å². The molecule has 1 N–H and O–H groups in total. The first-order valence-corrected chi connectivity index (χ1v) is 6.10. The van der Waals surface area contributed by atoms with Gasteiger partial charge in [-0.25, -0.2) is 0 Å². The number of nitrogens with one attached hydrogen (secondary N) is 1. The van der Waals surface area contributed by atoms with Crippen molar-refractivity contribution in [2.45, 2.75) is 19.4 Å². The van der Waals surface area contributed by atoms with Gasteiger partial charge in [0.1, 0.15) is 0 Å². The van der Waals surface area contributed by atoms with Gasteiger partial charge in [0.2, 0.25) is 0 Å². The van der Waals surface area contributed by atoms with Gasteiger partial charge in [0.25, 0.3) is 0 Å². The highest BCUT2D eigenvalue weighted by atomic mass is 14.9. The van der Waals surface area contributed by atoms with Gasteiger partial charge in [-0.15, -0.1) is 0 Å². The van der Waals surface area contributed by atoms with E-state index in [1.807, 2.05) is 24.4 Å². The third kappa shape index (κ3) is 4.37. The minimum Gasteiger partial charge on any atom is -0.311 e. The third-order valence-electron chi connectivity index (χ3n) is 2.69. The monoisotopic (exact) mass is 226 g/mol. The fourth-order valence-corrected chi connectivity index (χ4v) is 1.78. The van der Waals surface area contributed by atoms with Crippen LogP contribution in [0.15, 0.2) is 54.7 Å². The van der Waals surface area contributed by atoms with Gasteiger partial charge in [0, 0.05) is 12.7 Å². The summed E-state index contributed by atoms with van der Waals surface area (Å²) in [5, 5.41) is 3.41. The predicted octanol–water partition coefficient (Wildman–Crippen LogP) is 2.80. The minimum atomic E-state index is 0.857. The molecule has 1 aromatic carbocycles. The van der Waals surface area contributed by atoms with Gasteiger partial charge in [0.05, 0.1) is 5.69 Å². The van der Waals surface area contributed by atoms with Crippen LogP contribution in [0.4, 0.5) is 0 Å². The molecule has 0 radical (unpaired) electrons. The molecule has 0 aliphatic heterocycles. The van der Waals surface area contributed by atoms with E-state index in [0.29, 0.717) is 0 Å². The number of rotatable bonds is 6. The minimum absolute atomic E-state index is 0.857. The normalized spacial score (nSPS) is 10.4. The number of aryl methyl sites for hydroxylation is 1. The molecule has 0 aliphatic rings. The van der Waals surface area contributed by atoms with Crippen LogP contribution < -0.4 is 5.32 Å². The van der Waals surface area contributed by atoms with Gasteiger partial charge in [-0.3, -0.25) is 4.98 Å². The molecule has 1 heterocycles. The molecule has 17 heavy (non-hydrogen) atoms. The number of benzene rings is 1. The standard InChI is InChI=1S/C15H18N2/c1-2-7-14(8-3-1)9-6-11-16-13-15-10-4-5-12-17-15/h1-5,7-8,10,12,16H,6,9,11,13H2. The van der Waals surface area contributed by atoms with Gasteiger partial charge in [0.15, 0.2) is 0 Å². The van der Waals surface area contributed by atoms with Crippen molar-refractivity contribution in [2.24, 2.45) is 0 Å². The summed E-state index contributed by atoms with van der Waals surface area (Å²) in [7, 11) is 0. The van der Waals surface area contributed by atoms with Crippen LogP contribution in [0, 0.1) is 0 Å². The van der Waals surface area contributed by atoms with Gasteiger partial charge < -0.3 is 5.32 Å². The highest BCUT2D eigenvalue weighted by Crippen LogP contribution is 2.01. The second-order valence-corrected chi connectivity index (χ2v) is 4.09. The Morgan fingerprint density at radius 1 is 0.941 bits per heavy atom. The van der Waals surface area contributed by atoms with Crippen LogP contribution in [-0.4, -0.2) is 11.5 Å². The Hall–Kier alpha value is -1.67. The molecule has 0 fully saturated rings. The van der Waals surface area contributed by atoms with E-state index in [4.69, 9.17) is 0 Å². The van der Waals surface area contributed by atoms with Crippen LogP contribution in [0.25, 0.3) is 0 Å². The Bertz CT molecular complexity index is 370. The molecule has 0 spiro atoms. The van der Waals surface area contributed by atoms with Crippen LogP contribution >= 0.6 is 0 Å². The summed E-state index contributed by atoms with van der Waals surface area (Å²) in [5.41, 5.74) is 2.51. The van der Waals surface area contributed by atoms with Crippen LogP contribution in [0.5, 0.6) is 0 Å². The van der Waals surface area contributed by atoms with Crippen LogP contribution in [-0.2, 0) is 13.0 Å². The van der Waals surface area contributed by atoms with Crippen molar-refractivity contribution >= 4 is 0 Å². The number of aromatic nitrogens is 1. The number of hydrogen-bond acceptors (Lipinski definition) is 2. The highest BCUT2D eigenvalue weighted by Gasteiger charge is 1.93. The third-order valence-corrected chi connectivity index (χ3v) is 2.69. The van der Waals surface area contributed by atoms with Crippen molar-refractivity contribution in [1.29, 1.82) is 0 Å². The Kier molecular flexibility index (Phi) is 4.73. The topological polar surface area (TPSA) is 24.9 Å². The van der Waals surface area contributed by atoms with Gasteiger partial charge >= 0.3 is 0 Å². The first kappa shape index (κ1) is 11.8. The lowest BCUT2D eigenvalue weighted by Crippen LogP contribution is -2.16. The highest BCUT2D eigenvalue weighted by molar-refractivity contribution is 5.14. The molecule has 0 unspecified atom stereocenters. The molecule has 0 saturated heterocycles. The van der Waals surface area contributed by atoms with Gasteiger partial charge in [-0.05, 0) is 37.1 Å². The van der Waals surface area contributed by atoms with E-state index < -0.39 is 0 Å². The van der Waals surface area contributed by atoms with Crippen LogP contribution in [0.1, 0.15) is 17.7 Å². The summed E-state index contributed by atoms with van der Waals surface area (Å²) in [6, 6.07) is 16.6. The number of pyridine rings is 1. The van der Waals surface area contributed by atoms with Crippen LogP contribution in [0.2, 0.25) is 0 Å². The SMILES string of the molecule is c1ccc(CCCNCc2ccccn2)cc1. The van der Waals surface area contributed by atoms with Crippen molar-refractivity contribution in [3.05, 3.63) is 66.0 Å². The molecule has 0 atom stereocenters. The first-order chi connectivity index (χ1) is 8.45. The maximum absolute atomic E-state index is 4.27. The maximum Gasteiger partial charge on any atom is 0.0541 e. The zero-order chi connectivity index (χ0) is 11.8. The average molecular weight is 226 g/mol. The fraction of sp³-hybridized carbons (Fsp3) is 0.267. The summed E-state index contributed by atoms with van der Waals surface area (Å²) >= 11 is 0. The zero-order valence-electron chi connectivity index (χ0n) is 9.97. The van der Waals surface area contributed by atoms with Crippen molar-refractivity contribution in [1.82, 2.24) is 10.3 Å². The molecule has 1 aromatic heterocycles. The number of hydrogen-bond donors (Lipinski definition) is 1. The Balaban J connectivity index is 1.61. The molecule has 0 saturated carbocycles. The molecule has 0 bridgehead atoms. The van der Waals surface area contributed by atoms with Crippen molar-refractivity contribution < 1.29 is 0 Å². The fourth-order valence-electron chi connectivity index (χ4n) is 1.78. The smallest absolute Gasteiger partial charge is 0.0541 e. The summed E-state index contributed by atoms with van der Waals surface area (Å²) in [6.45, 7) is 1.89. The molecular weight excluding hydrogens is 208 g/mol. The molecule has 2 heteroatoms. The van der Waals surface area contributed by atoms with E-state index in [1.54, 1.807) is 0 Å². The summed E-state index contributed by atoms with van der Waals surface area (Å²) in [5.74, 6) is 0. The van der Waals surface area contributed by atoms with E-state index in [-0.39, 0.29) is 0 Å². The van der Waals surface area contributed by atoms with Crippen molar-refractivity contribution in [3.8, 4) is 0 Å². The Morgan fingerprint density at radius 3 is 2.53 bits per heavy atom. The second-order valence-electron chi connectivity index (χ2n) is 4.09. The Labute approximate surface area is 103 Å². The quantitative estimate of drug-likeness (QED) is 0.766. The van der Waals surface area contributed by atoms with Gasteiger partial charge in [-0.1, -0.05) is 36.4 Å². The van der Waals surface area contributed by atoms with E-state index in [0.717, 1.165) is 31.6 Å². The first-order valence-electron chi connectivity index (χ1n) is 6.10. The predicted molar refractivity (Wildman–Crippen MR) is 70.7 cm³/mol. The lowest BCUT2D eigenvalue weighted by Gasteiger charge is -2.04. The largest absolute Gasteiger partial charge is 0.311 e. The molecule has 0 aliphatic carbocycles. The van der Waals surface area contributed by atoms with Crippen LogP contribution in [0.3, 0.4) is 0 Å². The zero-order valence-corrected chi connectivity index (χ0v) is 9.97. The lowest BCUT2D eigenvalue weighted by atomic mass is 10.1. The summed E-state index contributed by atoms with van der Waals surface area (Å²) < 4.78 is 0. The second kappa shape index (κ2) is 6.81. The lowest BCUT2D eigenvalue weighted by molar-refractivity contribution is 0.641. The molecule has 88 valence electrons. The molecule has 0 amide bonds. The van der Waals surface area contributed by atoms with E-state index in [9.17, 15) is 0 Å². The molecule has 2 aromatic rings. The summed E-state index contributed by atoms with van der Waals surface area (Å²) in [4.78, 5) is 4.27. The van der Waals surface area contributed by atoms with E-state index in [1.165, 1.54) is 5.56 Å². The van der Waals surface area contributed by atoms with E-state index >= 15 is 0 Å². The van der Waals surface area contributed by atoms with Gasteiger partial charge in [-0.2, -0.15) is 0 Å². The van der Waals surface area contributed by atoms with E-state index in [2.05, 4.69) is 40.6 Å².